The quantitative estimate of drug-likeness (QED) is 0.280. The highest BCUT2D eigenvalue weighted by molar-refractivity contribution is 14.0. The van der Waals surface area contributed by atoms with Crippen molar-refractivity contribution in [3.8, 4) is 0 Å². The van der Waals surface area contributed by atoms with Crippen LogP contribution in [-0.4, -0.2) is 38.8 Å². The van der Waals surface area contributed by atoms with Crippen molar-refractivity contribution in [1.29, 1.82) is 0 Å². The highest BCUT2D eigenvalue weighted by Gasteiger charge is 2.26. The van der Waals surface area contributed by atoms with Gasteiger partial charge in [-0.1, -0.05) is 24.3 Å². The van der Waals surface area contributed by atoms with Gasteiger partial charge < -0.3 is 20.2 Å². The average molecular weight is 521 g/mol. The zero-order valence-electron chi connectivity index (χ0n) is 16.3. The smallest absolute Gasteiger partial charge is 0.191 e. The molecule has 0 fully saturated rings. The summed E-state index contributed by atoms with van der Waals surface area (Å²) in [4.78, 5) is 4.51. The SMILES string of the molecule is CCNC(=NCc1ccc(CS(C)(=O)=O)cc1)NCC(C)(O)c1ccco1.I. The van der Waals surface area contributed by atoms with E-state index in [0.29, 0.717) is 24.8 Å². The predicted molar refractivity (Wildman–Crippen MR) is 122 cm³/mol. The van der Waals surface area contributed by atoms with Gasteiger partial charge in [0.25, 0.3) is 0 Å². The number of guanidine groups is 1. The number of furan rings is 1. The summed E-state index contributed by atoms with van der Waals surface area (Å²) in [5, 5.41) is 16.8. The van der Waals surface area contributed by atoms with Crippen LogP contribution in [0.3, 0.4) is 0 Å². The molecule has 1 aromatic carbocycles. The van der Waals surface area contributed by atoms with Gasteiger partial charge in [0.2, 0.25) is 0 Å². The Morgan fingerprint density at radius 2 is 1.82 bits per heavy atom. The van der Waals surface area contributed by atoms with Crippen LogP contribution < -0.4 is 10.6 Å². The number of nitrogens with zero attached hydrogens (tertiary/aromatic N) is 1. The maximum absolute atomic E-state index is 11.3. The van der Waals surface area contributed by atoms with Crippen LogP contribution >= 0.6 is 24.0 Å². The molecule has 0 aliphatic carbocycles. The maximum atomic E-state index is 11.3. The van der Waals surface area contributed by atoms with E-state index in [2.05, 4.69) is 15.6 Å². The first-order chi connectivity index (χ1) is 12.7. The fourth-order valence-corrected chi connectivity index (χ4v) is 3.28. The Kier molecular flexibility index (Phi) is 9.45. The molecule has 0 aliphatic rings. The molecule has 156 valence electrons. The molecule has 1 aromatic heterocycles. The van der Waals surface area contributed by atoms with Crippen molar-refractivity contribution in [3.63, 3.8) is 0 Å². The summed E-state index contributed by atoms with van der Waals surface area (Å²) >= 11 is 0. The van der Waals surface area contributed by atoms with Crippen molar-refractivity contribution >= 4 is 39.8 Å². The Hall–Kier alpha value is -1.59. The summed E-state index contributed by atoms with van der Waals surface area (Å²) in [5.41, 5.74) is 0.555. The highest BCUT2D eigenvalue weighted by Crippen LogP contribution is 2.19. The Labute approximate surface area is 183 Å². The number of hydrogen-bond donors (Lipinski definition) is 3. The number of nitrogens with one attached hydrogen (secondary N) is 2. The minimum Gasteiger partial charge on any atom is -0.466 e. The monoisotopic (exact) mass is 521 g/mol. The molecule has 3 N–H and O–H groups in total. The second-order valence-corrected chi connectivity index (χ2v) is 8.83. The van der Waals surface area contributed by atoms with Crippen molar-refractivity contribution in [3.05, 3.63) is 59.5 Å². The predicted octanol–water partition coefficient (Wildman–Crippen LogP) is 2.41. The molecule has 0 saturated carbocycles. The van der Waals surface area contributed by atoms with Crippen LogP contribution in [0.25, 0.3) is 0 Å². The summed E-state index contributed by atoms with van der Waals surface area (Å²) in [7, 11) is -3.04. The van der Waals surface area contributed by atoms with Gasteiger partial charge in [-0.25, -0.2) is 13.4 Å². The highest BCUT2D eigenvalue weighted by atomic mass is 127. The van der Waals surface area contributed by atoms with E-state index in [-0.39, 0.29) is 36.3 Å². The summed E-state index contributed by atoms with van der Waals surface area (Å²) in [6.07, 6.45) is 2.74. The second kappa shape index (κ2) is 10.8. The molecule has 1 unspecified atom stereocenters. The maximum Gasteiger partial charge on any atom is 0.191 e. The number of rotatable bonds is 8. The minimum atomic E-state index is -3.04. The van der Waals surface area contributed by atoms with Gasteiger partial charge in [-0.2, -0.15) is 0 Å². The van der Waals surface area contributed by atoms with E-state index in [1.807, 2.05) is 19.1 Å². The number of hydrogen-bond acceptors (Lipinski definition) is 5. The van der Waals surface area contributed by atoms with Crippen LogP contribution in [0.5, 0.6) is 0 Å². The number of benzene rings is 1. The van der Waals surface area contributed by atoms with Crippen molar-refractivity contribution in [2.75, 3.05) is 19.3 Å². The first-order valence-electron chi connectivity index (χ1n) is 8.74. The number of sulfone groups is 1. The normalized spacial score (nSPS) is 14.1. The van der Waals surface area contributed by atoms with E-state index >= 15 is 0 Å². The molecular formula is C19H28IN3O4S. The largest absolute Gasteiger partial charge is 0.466 e. The van der Waals surface area contributed by atoms with Gasteiger partial charge in [-0.15, -0.1) is 24.0 Å². The summed E-state index contributed by atoms with van der Waals surface area (Å²) < 4.78 is 28.0. The van der Waals surface area contributed by atoms with E-state index in [0.717, 1.165) is 11.1 Å². The molecule has 1 atom stereocenters. The van der Waals surface area contributed by atoms with Crippen LogP contribution in [0.2, 0.25) is 0 Å². The van der Waals surface area contributed by atoms with Gasteiger partial charge in [0.05, 0.1) is 25.1 Å². The zero-order valence-corrected chi connectivity index (χ0v) is 19.5. The van der Waals surface area contributed by atoms with Crippen LogP contribution in [0.15, 0.2) is 52.1 Å². The van der Waals surface area contributed by atoms with Crippen LogP contribution in [-0.2, 0) is 27.7 Å². The third-order valence-corrected chi connectivity index (χ3v) is 4.73. The van der Waals surface area contributed by atoms with Crippen molar-refractivity contribution in [2.24, 2.45) is 4.99 Å². The minimum absolute atomic E-state index is 0. The molecule has 0 amide bonds. The second-order valence-electron chi connectivity index (χ2n) is 6.69. The van der Waals surface area contributed by atoms with Gasteiger partial charge in [-0.05, 0) is 37.1 Å². The molecule has 0 aliphatic heterocycles. The van der Waals surface area contributed by atoms with Gasteiger partial charge in [0.1, 0.15) is 11.4 Å². The lowest BCUT2D eigenvalue weighted by Crippen LogP contribution is -2.44. The van der Waals surface area contributed by atoms with Crippen molar-refractivity contribution in [1.82, 2.24) is 10.6 Å². The summed E-state index contributed by atoms with van der Waals surface area (Å²) in [5.74, 6) is 1.08. The van der Waals surface area contributed by atoms with Crippen LogP contribution in [0.1, 0.15) is 30.7 Å². The molecule has 9 heteroatoms. The number of aliphatic imine (C=N–C) groups is 1. The van der Waals surface area contributed by atoms with Crippen molar-refractivity contribution in [2.45, 2.75) is 31.7 Å². The third kappa shape index (κ3) is 8.19. The lowest BCUT2D eigenvalue weighted by atomic mass is 10.0. The molecule has 0 radical (unpaired) electrons. The van der Waals surface area contributed by atoms with E-state index in [1.54, 1.807) is 31.2 Å². The Morgan fingerprint density at radius 3 is 2.36 bits per heavy atom. The third-order valence-electron chi connectivity index (χ3n) is 3.87. The van der Waals surface area contributed by atoms with E-state index in [1.165, 1.54) is 12.5 Å². The molecule has 1 heterocycles. The Morgan fingerprint density at radius 1 is 1.18 bits per heavy atom. The molecule has 0 spiro atoms. The summed E-state index contributed by atoms with van der Waals surface area (Å²) in [6.45, 7) is 4.98. The first kappa shape index (κ1) is 24.4. The molecule has 28 heavy (non-hydrogen) atoms. The number of halogens is 1. The zero-order chi connectivity index (χ0) is 19.9. The molecule has 0 saturated heterocycles. The lowest BCUT2D eigenvalue weighted by molar-refractivity contribution is 0.0386. The molecule has 2 aromatic rings. The van der Waals surface area contributed by atoms with E-state index < -0.39 is 15.4 Å². The molecule has 7 nitrogen and oxygen atoms in total. The average Bonchev–Trinajstić information content (AvgIpc) is 3.13. The van der Waals surface area contributed by atoms with Crippen LogP contribution in [0.4, 0.5) is 0 Å². The van der Waals surface area contributed by atoms with Gasteiger partial charge >= 0.3 is 0 Å². The van der Waals surface area contributed by atoms with E-state index in [9.17, 15) is 13.5 Å². The lowest BCUT2D eigenvalue weighted by Gasteiger charge is -2.22. The fourth-order valence-electron chi connectivity index (χ4n) is 2.48. The molecule has 2 rings (SSSR count). The topological polar surface area (TPSA) is 104 Å². The Balaban J connectivity index is 0.00000392. The standard InChI is InChI=1S/C19H27N3O4S.HI/c1-4-20-18(22-14-19(2,23)17-6-5-11-26-17)21-12-15-7-9-16(10-8-15)13-27(3,24)25;/h5-11,23H,4,12-14H2,1-3H3,(H2,20,21,22);1H. The van der Waals surface area contributed by atoms with E-state index in [4.69, 9.17) is 4.42 Å². The van der Waals surface area contributed by atoms with Gasteiger partial charge in [0.15, 0.2) is 15.8 Å². The van der Waals surface area contributed by atoms with Gasteiger partial charge in [-0.3, -0.25) is 0 Å². The molecule has 0 bridgehead atoms. The first-order valence-corrected chi connectivity index (χ1v) is 10.8. The van der Waals surface area contributed by atoms with Crippen LogP contribution in [0, 0.1) is 0 Å². The fraction of sp³-hybridized carbons (Fsp3) is 0.421. The summed E-state index contributed by atoms with van der Waals surface area (Å²) in [6, 6.07) is 10.8. The number of aliphatic hydroxyl groups is 1. The Bertz CT molecular complexity index is 848. The van der Waals surface area contributed by atoms with Crippen molar-refractivity contribution < 1.29 is 17.9 Å². The molecular weight excluding hydrogens is 493 g/mol. The van der Waals surface area contributed by atoms with Gasteiger partial charge in [0, 0.05) is 12.8 Å².